The summed E-state index contributed by atoms with van der Waals surface area (Å²) in [6.07, 6.45) is -0.442. The van der Waals surface area contributed by atoms with Crippen molar-refractivity contribution in [3.05, 3.63) is 0 Å². The molecule has 0 fully saturated rings. The Labute approximate surface area is 99.8 Å². The van der Waals surface area contributed by atoms with Crippen molar-refractivity contribution in [3.8, 4) is 0 Å². The van der Waals surface area contributed by atoms with Gasteiger partial charge in [-0.05, 0) is 0 Å². The van der Waals surface area contributed by atoms with Gasteiger partial charge >= 0.3 is 5.97 Å². The fourth-order valence-electron chi connectivity index (χ4n) is 0.918. The van der Waals surface area contributed by atoms with Crippen LogP contribution in [0.3, 0.4) is 0 Å². The van der Waals surface area contributed by atoms with Gasteiger partial charge in [0.15, 0.2) is 6.79 Å². The Morgan fingerprint density at radius 2 is 1.47 bits per heavy atom. The number of carbonyl (C=O) groups is 3. The van der Waals surface area contributed by atoms with Gasteiger partial charge in [0, 0.05) is 33.9 Å². The molecule has 2 amide bonds. The van der Waals surface area contributed by atoms with Gasteiger partial charge in [0.05, 0.1) is 6.10 Å². The molecule has 0 rings (SSSR count). The minimum Gasteiger partial charge on any atom is -0.439 e. The minimum atomic E-state index is -0.456. The van der Waals surface area contributed by atoms with E-state index in [1.165, 1.54) is 20.8 Å². The van der Waals surface area contributed by atoms with E-state index < -0.39 is 12.1 Å². The van der Waals surface area contributed by atoms with E-state index in [0.29, 0.717) is 0 Å². The van der Waals surface area contributed by atoms with Crippen molar-refractivity contribution in [2.75, 3.05) is 19.9 Å². The first-order chi connectivity index (χ1) is 7.91. The number of hydrogen-bond donors (Lipinski definition) is 2. The quantitative estimate of drug-likeness (QED) is 0.451. The second-order valence-electron chi connectivity index (χ2n) is 3.42. The number of hydrogen-bond acceptors (Lipinski definition) is 5. The average Bonchev–Trinajstić information content (AvgIpc) is 2.20. The van der Waals surface area contributed by atoms with Crippen molar-refractivity contribution in [3.63, 3.8) is 0 Å². The average molecular weight is 246 g/mol. The minimum absolute atomic E-state index is 0.200. The van der Waals surface area contributed by atoms with Gasteiger partial charge < -0.3 is 20.1 Å². The third-order valence-electron chi connectivity index (χ3n) is 1.72. The summed E-state index contributed by atoms with van der Waals surface area (Å²) in [5.41, 5.74) is 0. The third-order valence-corrected chi connectivity index (χ3v) is 1.72. The van der Waals surface area contributed by atoms with E-state index in [9.17, 15) is 14.4 Å². The highest BCUT2D eigenvalue weighted by molar-refractivity contribution is 5.73. The summed E-state index contributed by atoms with van der Waals surface area (Å²) in [6.45, 7) is 4.27. The summed E-state index contributed by atoms with van der Waals surface area (Å²) in [6, 6.07) is 0. The van der Waals surface area contributed by atoms with E-state index in [0.717, 1.165) is 0 Å². The van der Waals surface area contributed by atoms with Crippen molar-refractivity contribution in [1.82, 2.24) is 10.6 Å². The molecule has 7 nitrogen and oxygen atoms in total. The van der Waals surface area contributed by atoms with Gasteiger partial charge in [-0.25, -0.2) is 0 Å². The summed E-state index contributed by atoms with van der Waals surface area (Å²) in [5, 5.41) is 5.10. The molecule has 0 saturated heterocycles. The number of carbonyl (C=O) groups excluding carboxylic acids is 3. The van der Waals surface area contributed by atoms with E-state index in [1.54, 1.807) is 0 Å². The van der Waals surface area contributed by atoms with E-state index in [1.807, 2.05) is 0 Å². The first-order valence-electron chi connectivity index (χ1n) is 5.15. The Hall–Kier alpha value is -1.63. The van der Waals surface area contributed by atoms with E-state index >= 15 is 0 Å². The van der Waals surface area contributed by atoms with Crippen molar-refractivity contribution in [1.29, 1.82) is 0 Å². The van der Waals surface area contributed by atoms with Gasteiger partial charge in [-0.15, -0.1) is 0 Å². The lowest BCUT2D eigenvalue weighted by atomic mass is 10.3. The normalized spacial score (nSPS) is 9.88. The first kappa shape index (κ1) is 15.4. The molecular formula is C10H18N2O5. The Kier molecular flexibility index (Phi) is 7.70. The summed E-state index contributed by atoms with van der Waals surface area (Å²) in [4.78, 5) is 32.0. The van der Waals surface area contributed by atoms with Gasteiger partial charge in [0.1, 0.15) is 0 Å². The molecule has 7 heteroatoms. The standard InChI is InChI=1S/C10H18N2O5/c1-7(13)11-4-10(5-12-8(2)14)17-6-16-9(3)15/h10H,4-6H2,1-3H3,(H,11,13)(H,12,14). The Morgan fingerprint density at radius 3 is 1.82 bits per heavy atom. The molecule has 0 aromatic carbocycles. The van der Waals surface area contributed by atoms with Crippen LogP contribution in [0.15, 0.2) is 0 Å². The van der Waals surface area contributed by atoms with Crippen LogP contribution in [0.2, 0.25) is 0 Å². The molecule has 0 aliphatic heterocycles. The molecule has 0 unspecified atom stereocenters. The monoisotopic (exact) mass is 246 g/mol. The first-order valence-corrected chi connectivity index (χ1v) is 5.15. The molecule has 0 heterocycles. The SMILES string of the molecule is CC(=O)NCC(CNC(C)=O)OCOC(C)=O. The lowest BCUT2D eigenvalue weighted by Crippen LogP contribution is -2.40. The molecular weight excluding hydrogens is 228 g/mol. The summed E-state index contributed by atoms with van der Waals surface area (Å²) >= 11 is 0. The van der Waals surface area contributed by atoms with Gasteiger partial charge in [-0.1, -0.05) is 0 Å². The highest BCUT2D eigenvalue weighted by Crippen LogP contribution is 1.91. The lowest BCUT2D eigenvalue weighted by Gasteiger charge is -2.18. The zero-order chi connectivity index (χ0) is 13.3. The molecule has 98 valence electrons. The Bertz CT molecular complexity index is 262. The van der Waals surface area contributed by atoms with Crippen LogP contribution in [0.5, 0.6) is 0 Å². The summed E-state index contributed by atoms with van der Waals surface area (Å²) < 4.78 is 9.78. The molecule has 0 atom stereocenters. The molecule has 17 heavy (non-hydrogen) atoms. The second-order valence-corrected chi connectivity index (χ2v) is 3.42. The highest BCUT2D eigenvalue weighted by Gasteiger charge is 2.11. The number of rotatable bonds is 7. The molecule has 2 N–H and O–H groups in total. The van der Waals surface area contributed by atoms with Crippen molar-refractivity contribution >= 4 is 17.8 Å². The van der Waals surface area contributed by atoms with Crippen LogP contribution in [0.1, 0.15) is 20.8 Å². The van der Waals surface area contributed by atoms with Crippen LogP contribution in [-0.2, 0) is 23.9 Å². The van der Waals surface area contributed by atoms with Crippen LogP contribution in [0, 0.1) is 0 Å². The summed E-state index contributed by atoms with van der Waals surface area (Å²) in [7, 11) is 0. The molecule has 0 radical (unpaired) electrons. The number of ether oxygens (including phenoxy) is 2. The largest absolute Gasteiger partial charge is 0.439 e. The summed E-state index contributed by atoms with van der Waals surface area (Å²) in [5.74, 6) is -0.856. The van der Waals surface area contributed by atoms with Crippen molar-refractivity contribution < 1.29 is 23.9 Å². The zero-order valence-corrected chi connectivity index (χ0v) is 10.2. The predicted octanol–water partition coefficient (Wildman–Crippen LogP) is -0.836. The smallest absolute Gasteiger partial charge is 0.304 e. The lowest BCUT2D eigenvalue weighted by molar-refractivity contribution is -0.158. The molecule has 0 aromatic heterocycles. The van der Waals surface area contributed by atoms with E-state index in [-0.39, 0.29) is 31.7 Å². The van der Waals surface area contributed by atoms with Crippen LogP contribution in [0.25, 0.3) is 0 Å². The highest BCUT2D eigenvalue weighted by atomic mass is 16.7. The maximum atomic E-state index is 10.7. The van der Waals surface area contributed by atoms with Crippen molar-refractivity contribution in [2.24, 2.45) is 0 Å². The van der Waals surface area contributed by atoms with Crippen LogP contribution in [-0.4, -0.2) is 43.8 Å². The van der Waals surface area contributed by atoms with Gasteiger partial charge in [-0.3, -0.25) is 14.4 Å². The van der Waals surface area contributed by atoms with Crippen molar-refractivity contribution in [2.45, 2.75) is 26.9 Å². The maximum Gasteiger partial charge on any atom is 0.304 e. The number of amides is 2. The van der Waals surface area contributed by atoms with E-state index in [4.69, 9.17) is 4.74 Å². The Morgan fingerprint density at radius 1 is 1.00 bits per heavy atom. The molecule has 0 aliphatic carbocycles. The van der Waals surface area contributed by atoms with Gasteiger partial charge in [-0.2, -0.15) is 0 Å². The van der Waals surface area contributed by atoms with Crippen LogP contribution in [0.4, 0.5) is 0 Å². The topological polar surface area (TPSA) is 93.7 Å². The van der Waals surface area contributed by atoms with Gasteiger partial charge in [0.2, 0.25) is 11.8 Å². The number of esters is 1. The molecule has 0 bridgehead atoms. The zero-order valence-electron chi connectivity index (χ0n) is 10.2. The van der Waals surface area contributed by atoms with Gasteiger partial charge in [0.25, 0.3) is 0 Å². The molecule has 0 aromatic rings. The molecule has 0 spiro atoms. The maximum absolute atomic E-state index is 10.7. The van der Waals surface area contributed by atoms with Crippen LogP contribution < -0.4 is 10.6 Å². The van der Waals surface area contributed by atoms with E-state index in [2.05, 4.69) is 15.4 Å². The third kappa shape index (κ3) is 10.6. The van der Waals surface area contributed by atoms with Crippen LogP contribution >= 0.6 is 0 Å². The number of nitrogens with one attached hydrogen (secondary N) is 2. The molecule has 0 saturated carbocycles. The predicted molar refractivity (Wildman–Crippen MR) is 58.9 cm³/mol. The fraction of sp³-hybridized carbons (Fsp3) is 0.700. The Balaban J connectivity index is 3.95. The fourth-order valence-corrected chi connectivity index (χ4v) is 0.918. The second kappa shape index (κ2) is 8.51. The molecule has 0 aliphatic rings.